The Bertz CT molecular complexity index is 1140. The molecule has 1 fully saturated rings. The van der Waals surface area contributed by atoms with Gasteiger partial charge in [-0.3, -0.25) is 19.3 Å². The van der Waals surface area contributed by atoms with Gasteiger partial charge in [0.25, 0.3) is 11.1 Å². The number of carbonyl (C=O) groups excluding carboxylic acids is 3. The Morgan fingerprint density at radius 2 is 2.04 bits per heavy atom. The first-order valence-corrected chi connectivity index (χ1v) is 8.85. The summed E-state index contributed by atoms with van der Waals surface area (Å²) in [6.07, 6.45) is 1.41. The molecular formula is C18H11FN4O4S. The summed E-state index contributed by atoms with van der Waals surface area (Å²) in [5.74, 6) is -1.65. The van der Waals surface area contributed by atoms with Gasteiger partial charge in [0.15, 0.2) is 5.52 Å². The molecule has 0 atom stereocenters. The van der Waals surface area contributed by atoms with E-state index in [0.29, 0.717) is 34.0 Å². The monoisotopic (exact) mass is 398 g/mol. The van der Waals surface area contributed by atoms with Crippen LogP contribution in [0.5, 0.6) is 0 Å². The van der Waals surface area contributed by atoms with E-state index in [4.69, 9.17) is 0 Å². The number of benzene rings is 2. The molecule has 0 aliphatic carbocycles. The van der Waals surface area contributed by atoms with Crippen molar-refractivity contribution in [3.63, 3.8) is 0 Å². The van der Waals surface area contributed by atoms with Gasteiger partial charge in [-0.25, -0.2) is 9.02 Å². The van der Waals surface area contributed by atoms with Crippen molar-refractivity contribution in [3.05, 3.63) is 58.8 Å². The highest BCUT2D eigenvalue weighted by Crippen LogP contribution is 2.32. The van der Waals surface area contributed by atoms with Crippen molar-refractivity contribution in [1.82, 2.24) is 15.2 Å². The van der Waals surface area contributed by atoms with Crippen molar-refractivity contribution in [2.24, 2.45) is 0 Å². The van der Waals surface area contributed by atoms with Gasteiger partial charge in [-0.2, -0.15) is 0 Å². The lowest BCUT2D eigenvalue weighted by atomic mass is 10.2. The van der Waals surface area contributed by atoms with Gasteiger partial charge in [0, 0.05) is 0 Å². The van der Waals surface area contributed by atoms with Crippen LogP contribution >= 0.6 is 11.8 Å². The summed E-state index contributed by atoms with van der Waals surface area (Å²) in [4.78, 5) is 37.9. The molecule has 0 bridgehead atoms. The summed E-state index contributed by atoms with van der Waals surface area (Å²) in [5, 5.41) is 9.39. The van der Waals surface area contributed by atoms with E-state index in [1.807, 2.05) is 0 Å². The van der Waals surface area contributed by atoms with Crippen LogP contribution in [0.4, 0.5) is 14.9 Å². The van der Waals surface area contributed by atoms with E-state index >= 15 is 0 Å². The number of halogens is 1. The zero-order valence-electron chi connectivity index (χ0n) is 14.1. The smallest absolute Gasteiger partial charge is 0.294 e. The second-order valence-electron chi connectivity index (χ2n) is 5.81. The zero-order valence-corrected chi connectivity index (χ0v) is 14.9. The van der Waals surface area contributed by atoms with Crippen LogP contribution < -0.4 is 5.32 Å². The fraction of sp³-hybridized carbons (Fsp3) is 0.0556. The maximum absolute atomic E-state index is 13.3. The van der Waals surface area contributed by atoms with Gasteiger partial charge < -0.3 is 5.32 Å². The number of nitrogens with one attached hydrogen (secondary N) is 1. The molecule has 3 aromatic rings. The molecule has 0 saturated carbocycles. The van der Waals surface area contributed by atoms with Gasteiger partial charge in [-0.15, -0.1) is 0 Å². The van der Waals surface area contributed by atoms with Crippen molar-refractivity contribution in [2.75, 3.05) is 11.9 Å². The summed E-state index contributed by atoms with van der Waals surface area (Å²) < 4.78 is 17.9. The van der Waals surface area contributed by atoms with E-state index in [2.05, 4.69) is 20.3 Å². The second kappa shape index (κ2) is 7.24. The molecule has 3 amide bonds. The highest BCUT2D eigenvalue weighted by atomic mass is 32.2. The molecule has 28 heavy (non-hydrogen) atoms. The van der Waals surface area contributed by atoms with Crippen molar-refractivity contribution in [2.45, 2.75) is 0 Å². The maximum Gasteiger partial charge on any atom is 0.294 e. The number of anilines is 1. The molecule has 8 nitrogen and oxygen atoms in total. The SMILES string of the molecule is O=C(CN1C(=O)S/C(=C\c2cccc(F)c2)C1=O)Nc1cccc2nonc12. The number of amides is 3. The second-order valence-corrected chi connectivity index (χ2v) is 6.80. The Morgan fingerprint density at radius 1 is 1.21 bits per heavy atom. The molecule has 10 heteroatoms. The summed E-state index contributed by atoms with van der Waals surface area (Å²) >= 11 is 0.693. The number of nitrogens with zero attached hydrogens (tertiary/aromatic N) is 3. The minimum absolute atomic E-state index is 0.117. The van der Waals surface area contributed by atoms with E-state index in [9.17, 15) is 18.8 Å². The first-order chi connectivity index (χ1) is 13.5. The number of hydrogen-bond donors (Lipinski definition) is 1. The molecule has 4 rings (SSSR count). The topological polar surface area (TPSA) is 105 Å². The van der Waals surface area contributed by atoms with Gasteiger partial charge in [0.05, 0.1) is 10.6 Å². The highest BCUT2D eigenvalue weighted by molar-refractivity contribution is 8.18. The van der Waals surface area contributed by atoms with Crippen molar-refractivity contribution in [1.29, 1.82) is 0 Å². The number of rotatable bonds is 4. The lowest BCUT2D eigenvalue weighted by Gasteiger charge is -2.12. The molecule has 1 aliphatic rings. The largest absolute Gasteiger partial charge is 0.322 e. The first kappa shape index (κ1) is 17.9. The number of fused-ring (bicyclic) bond motifs is 1. The predicted octanol–water partition coefficient (Wildman–Crippen LogP) is 3.04. The summed E-state index contributed by atoms with van der Waals surface area (Å²) in [7, 11) is 0. The Kier molecular flexibility index (Phi) is 4.62. The van der Waals surface area contributed by atoms with Crippen LogP contribution in [0, 0.1) is 5.82 Å². The Balaban J connectivity index is 1.48. The van der Waals surface area contributed by atoms with Crippen LogP contribution in [0.1, 0.15) is 5.56 Å². The van der Waals surface area contributed by atoms with Crippen LogP contribution in [0.15, 0.2) is 52.0 Å². The standard InChI is InChI=1S/C18H11FN4O4S/c19-11-4-1-3-10(7-11)8-14-17(25)23(18(26)28-14)9-15(24)20-12-5-2-6-13-16(12)22-27-21-13/h1-8H,9H2,(H,20,24)/b14-8-. The first-order valence-electron chi connectivity index (χ1n) is 8.03. The third-order valence-corrected chi connectivity index (χ3v) is 4.79. The molecule has 1 aliphatic heterocycles. The lowest BCUT2D eigenvalue weighted by molar-refractivity contribution is -0.127. The van der Waals surface area contributed by atoms with E-state index in [1.165, 1.54) is 24.3 Å². The van der Waals surface area contributed by atoms with Gasteiger partial charge in [-0.1, -0.05) is 18.2 Å². The normalized spacial score (nSPS) is 15.6. The van der Waals surface area contributed by atoms with Crippen LogP contribution in [-0.4, -0.2) is 38.8 Å². The third kappa shape index (κ3) is 3.49. The number of aromatic nitrogens is 2. The molecule has 0 radical (unpaired) electrons. The van der Waals surface area contributed by atoms with Gasteiger partial charge in [0.1, 0.15) is 17.9 Å². The maximum atomic E-state index is 13.3. The Morgan fingerprint density at radius 3 is 2.86 bits per heavy atom. The summed E-state index contributed by atoms with van der Waals surface area (Å²) in [5.41, 5.74) is 1.61. The minimum atomic E-state index is -0.615. The van der Waals surface area contributed by atoms with Gasteiger partial charge in [0.2, 0.25) is 5.91 Å². The summed E-state index contributed by atoms with van der Waals surface area (Å²) in [6, 6.07) is 10.5. The molecule has 2 heterocycles. The fourth-order valence-electron chi connectivity index (χ4n) is 2.62. The Hall–Kier alpha value is -3.53. The highest BCUT2D eigenvalue weighted by Gasteiger charge is 2.36. The molecule has 2 aromatic carbocycles. The van der Waals surface area contributed by atoms with Gasteiger partial charge >= 0.3 is 0 Å². The average Bonchev–Trinajstić information content (AvgIpc) is 3.23. The third-order valence-electron chi connectivity index (χ3n) is 3.88. The number of imide groups is 1. The minimum Gasteiger partial charge on any atom is -0.322 e. The van der Waals surface area contributed by atoms with E-state index in [0.717, 1.165) is 4.90 Å². The van der Waals surface area contributed by atoms with Crippen LogP contribution in [-0.2, 0) is 9.59 Å². The number of thioether (sulfide) groups is 1. The average molecular weight is 398 g/mol. The fourth-order valence-corrected chi connectivity index (χ4v) is 3.46. The van der Waals surface area contributed by atoms with E-state index in [-0.39, 0.29) is 4.91 Å². The molecule has 1 N–H and O–H groups in total. The molecule has 0 spiro atoms. The van der Waals surface area contributed by atoms with Gasteiger partial charge in [-0.05, 0) is 58.0 Å². The Labute approximate surface area is 161 Å². The van der Waals surface area contributed by atoms with Crippen LogP contribution in [0.3, 0.4) is 0 Å². The molecule has 0 unspecified atom stereocenters. The van der Waals surface area contributed by atoms with Crippen molar-refractivity contribution in [3.8, 4) is 0 Å². The van der Waals surface area contributed by atoms with Crippen molar-refractivity contribution < 1.29 is 23.4 Å². The lowest BCUT2D eigenvalue weighted by Crippen LogP contribution is -2.36. The molecule has 1 aromatic heterocycles. The van der Waals surface area contributed by atoms with Crippen molar-refractivity contribution >= 4 is 51.6 Å². The number of hydrogen-bond acceptors (Lipinski definition) is 7. The van der Waals surface area contributed by atoms with E-state index in [1.54, 1.807) is 24.3 Å². The summed E-state index contributed by atoms with van der Waals surface area (Å²) in [6.45, 7) is -0.465. The molecular weight excluding hydrogens is 387 g/mol. The quantitative estimate of drug-likeness (QED) is 0.674. The zero-order chi connectivity index (χ0) is 19.7. The predicted molar refractivity (Wildman–Crippen MR) is 99.5 cm³/mol. The van der Waals surface area contributed by atoms with E-state index < -0.39 is 29.4 Å². The molecule has 1 saturated heterocycles. The van der Waals surface area contributed by atoms with Crippen LogP contribution in [0.25, 0.3) is 17.1 Å². The molecule has 140 valence electrons. The van der Waals surface area contributed by atoms with Crippen LogP contribution in [0.2, 0.25) is 0 Å². The number of carbonyl (C=O) groups is 3.